The van der Waals surface area contributed by atoms with Gasteiger partial charge in [-0.2, -0.15) is 0 Å². The monoisotopic (exact) mass is 425 g/mol. The van der Waals surface area contributed by atoms with Gasteiger partial charge in [-0.1, -0.05) is 17.3 Å². The molecule has 2 N–H and O–H groups in total. The van der Waals surface area contributed by atoms with Gasteiger partial charge in [-0.25, -0.2) is 9.48 Å². The summed E-state index contributed by atoms with van der Waals surface area (Å²) in [5.74, 6) is -0.916. The Hall–Kier alpha value is -4.28. The lowest BCUT2D eigenvalue weighted by Crippen LogP contribution is -2.37. The van der Waals surface area contributed by atoms with E-state index in [0.717, 1.165) is 4.68 Å². The highest BCUT2D eigenvalue weighted by Gasteiger charge is 2.13. The average Bonchev–Trinajstić information content (AvgIpc) is 2.78. The van der Waals surface area contributed by atoms with Crippen LogP contribution in [0.25, 0.3) is 10.9 Å². The van der Waals surface area contributed by atoms with E-state index in [9.17, 15) is 19.2 Å². The lowest BCUT2D eigenvalue weighted by molar-refractivity contribution is -0.148. The second-order valence-corrected chi connectivity index (χ2v) is 6.28. The first-order valence-electron chi connectivity index (χ1n) is 9.19. The third-order valence-corrected chi connectivity index (χ3v) is 4.12. The maximum Gasteiger partial charge on any atom is 0.325 e. The van der Waals surface area contributed by atoms with E-state index in [0.29, 0.717) is 22.3 Å². The highest BCUT2D eigenvalue weighted by atomic mass is 16.5. The summed E-state index contributed by atoms with van der Waals surface area (Å²) in [7, 11) is 1.52. The Bertz CT molecular complexity index is 1160. The number of aryl methyl sites for hydroxylation is 1. The minimum Gasteiger partial charge on any atom is -0.497 e. The highest BCUT2D eigenvalue weighted by Crippen LogP contribution is 2.14. The first-order chi connectivity index (χ1) is 15.0. The van der Waals surface area contributed by atoms with Crippen molar-refractivity contribution in [3.63, 3.8) is 0 Å². The van der Waals surface area contributed by atoms with Gasteiger partial charge in [-0.3, -0.25) is 19.7 Å². The number of nitrogens with zero attached hydrogens (tertiary/aromatic N) is 3. The van der Waals surface area contributed by atoms with Gasteiger partial charge in [0.1, 0.15) is 11.3 Å². The summed E-state index contributed by atoms with van der Waals surface area (Å²) in [5, 5.41) is 12.6. The predicted octanol–water partition coefficient (Wildman–Crippen LogP) is 1.08. The molecule has 11 nitrogen and oxygen atoms in total. The standard InChI is InChI=1S/C20H19N5O6/c1-30-14-8-6-13(7-9-14)21-20(29)22-17(26)12-31-18(27)10-11-25-19(28)15-4-2-3-5-16(15)23-24-25/h2-9H,10-12H2,1H3,(H2,21,22,26,29). The summed E-state index contributed by atoms with van der Waals surface area (Å²) >= 11 is 0. The van der Waals surface area contributed by atoms with Gasteiger partial charge in [0, 0.05) is 5.69 Å². The van der Waals surface area contributed by atoms with Crippen LogP contribution >= 0.6 is 0 Å². The van der Waals surface area contributed by atoms with Crippen molar-refractivity contribution in [1.29, 1.82) is 0 Å². The Kier molecular flexibility index (Phi) is 6.89. The molecule has 0 saturated heterocycles. The topological polar surface area (TPSA) is 142 Å². The number of carbonyl (C=O) groups is 3. The van der Waals surface area contributed by atoms with Crippen molar-refractivity contribution >= 4 is 34.5 Å². The van der Waals surface area contributed by atoms with Crippen molar-refractivity contribution < 1.29 is 23.9 Å². The number of esters is 1. The fraction of sp³-hybridized carbons (Fsp3) is 0.200. The van der Waals surface area contributed by atoms with Gasteiger partial charge in [-0.15, -0.1) is 5.10 Å². The van der Waals surface area contributed by atoms with Crippen LogP contribution in [0.5, 0.6) is 5.75 Å². The molecule has 0 fully saturated rings. The number of hydrogen-bond acceptors (Lipinski definition) is 8. The molecule has 31 heavy (non-hydrogen) atoms. The van der Waals surface area contributed by atoms with Gasteiger partial charge in [0.05, 0.1) is 25.5 Å². The van der Waals surface area contributed by atoms with Gasteiger partial charge < -0.3 is 14.8 Å². The van der Waals surface area contributed by atoms with Crippen LogP contribution in [0.15, 0.2) is 53.3 Å². The maximum absolute atomic E-state index is 12.3. The Morgan fingerprint density at radius 2 is 1.81 bits per heavy atom. The minimum absolute atomic E-state index is 0.0604. The maximum atomic E-state index is 12.3. The van der Waals surface area contributed by atoms with Crippen molar-refractivity contribution in [2.75, 3.05) is 19.0 Å². The lowest BCUT2D eigenvalue weighted by atomic mass is 10.2. The number of rotatable bonds is 7. The van der Waals surface area contributed by atoms with E-state index in [2.05, 4.69) is 15.6 Å². The number of ether oxygens (including phenoxy) is 2. The number of nitrogens with one attached hydrogen (secondary N) is 2. The molecule has 0 saturated carbocycles. The van der Waals surface area contributed by atoms with Gasteiger partial charge in [0.25, 0.3) is 11.5 Å². The Balaban J connectivity index is 1.42. The fourth-order valence-electron chi connectivity index (χ4n) is 2.58. The largest absolute Gasteiger partial charge is 0.497 e. The molecule has 0 aliphatic heterocycles. The van der Waals surface area contributed by atoms with Gasteiger partial charge in [0.15, 0.2) is 6.61 Å². The Labute approximate surface area is 176 Å². The SMILES string of the molecule is COc1ccc(NC(=O)NC(=O)COC(=O)CCn2nnc3ccccc3c2=O)cc1. The molecule has 0 atom stereocenters. The molecule has 3 amide bonds. The van der Waals surface area contributed by atoms with Crippen molar-refractivity contribution in [3.05, 3.63) is 58.9 Å². The summed E-state index contributed by atoms with van der Waals surface area (Å²) in [6.45, 7) is -0.706. The average molecular weight is 425 g/mol. The summed E-state index contributed by atoms with van der Waals surface area (Å²) in [6, 6.07) is 12.4. The summed E-state index contributed by atoms with van der Waals surface area (Å²) in [5.41, 5.74) is 0.521. The van der Waals surface area contributed by atoms with E-state index in [4.69, 9.17) is 9.47 Å². The number of amides is 3. The van der Waals surface area contributed by atoms with E-state index in [1.165, 1.54) is 7.11 Å². The molecule has 3 aromatic rings. The zero-order valence-corrected chi connectivity index (χ0v) is 16.5. The number of anilines is 1. The van der Waals surface area contributed by atoms with E-state index < -0.39 is 24.5 Å². The van der Waals surface area contributed by atoms with Crippen LogP contribution < -0.4 is 20.9 Å². The molecule has 0 unspecified atom stereocenters. The number of imide groups is 1. The van der Waals surface area contributed by atoms with Crippen molar-refractivity contribution in [2.45, 2.75) is 13.0 Å². The zero-order valence-electron chi connectivity index (χ0n) is 16.5. The molecule has 0 aliphatic carbocycles. The van der Waals surface area contributed by atoms with E-state index in [-0.39, 0.29) is 18.5 Å². The number of urea groups is 1. The molecule has 2 aromatic carbocycles. The van der Waals surface area contributed by atoms with Crippen LogP contribution in [-0.2, 0) is 20.9 Å². The molecule has 3 rings (SSSR count). The number of benzene rings is 2. The molecule has 0 radical (unpaired) electrons. The Morgan fingerprint density at radius 3 is 2.55 bits per heavy atom. The van der Waals surface area contributed by atoms with Crippen molar-refractivity contribution in [2.24, 2.45) is 0 Å². The smallest absolute Gasteiger partial charge is 0.325 e. The van der Waals surface area contributed by atoms with Crippen LogP contribution in [0.2, 0.25) is 0 Å². The minimum atomic E-state index is -0.804. The zero-order chi connectivity index (χ0) is 22.2. The van der Waals surface area contributed by atoms with E-state index >= 15 is 0 Å². The summed E-state index contributed by atoms with van der Waals surface area (Å²) < 4.78 is 10.9. The van der Waals surface area contributed by atoms with Crippen molar-refractivity contribution in [3.8, 4) is 5.75 Å². The van der Waals surface area contributed by atoms with Crippen LogP contribution in [0.3, 0.4) is 0 Å². The molecule has 11 heteroatoms. The molecule has 0 aliphatic rings. The normalized spacial score (nSPS) is 10.4. The van der Waals surface area contributed by atoms with E-state index in [1.54, 1.807) is 48.5 Å². The lowest BCUT2D eigenvalue weighted by Gasteiger charge is -2.08. The molecular weight excluding hydrogens is 406 g/mol. The molecule has 1 aromatic heterocycles. The number of carbonyl (C=O) groups excluding carboxylic acids is 3. The third kappa shape index (κ3) is 5.85. The second-order valence-electron chi connectivity index (χ2n) is 6.28. The first kappa shape index (κ1) is 21.4. The highest BCUT2D eigenvalue weighted by molar-refractivity contribution is 6.01. The number of methoxy groups -OCH3 is 1. The fourth-order valence-corrected chi connectivity index (χ4v) is 2.58. The molecule has 1 heterocycles. The molecule has 0 bridgehead atoms. The van der Waals surface area contributed by atoms with Crippen LogP contribution in [0.1, 0.15) is 6.42 Å². The molecule has 0 spiro atoms. The van der Waals surface area contributed by atoms with Crippen LogP contribution in [-0.4, -0.2) is 46.6 Å². The second kappa shape index (κ2) is 9.96. The number of fused-ring (bicyclic) bond motifs is 1. The van der Waals surface area contributed by atoms with Gasteiger partial charge in [0.2, 0.25) is 0 Å². The number of aromatic nitrogens is 3. The van der Waals surface area contributed by atoms with Crippen molar-refractivity contribution in [1.82, 2.24) is 20.3 Å². The van der Waals surface area contributed by atoms with Gasteiger partial charge >= 0.3 is 12.0 Å². The van der Waals surface area contributed by atoms with Crippen LogP contribution in [0.4, 0.5) is 10.5 Å². The van der Waals surface area contributed by atoms with E-state index in [1.807, 2.05) is 5.32 Å². The summed E-state index contributed by atoms with van der Waals surface area (Å²) in [4.78, 5) is 47.7. The third-order valence-electron chi connectivity index (χ3n) is 4.12. The first-order valence-corrected chi connectivity index (χ1v) is 9.19. The number of hydrogen-bond donors (Lipinski definition) is 2. The quantitative estimate of drug-likeness (QED) is 0.536. The van der Waals surface area contributed by atoms with Gasteiger partial charge in [-0.05, 0) is 36.4 Å². The molecule has 160 valence electrons. The van der Waals surface area contributed by atoms with Crippen LogP contribution in [0, 0.1) is 0 Å². The molecular formula is C20H19N5O6. The summed E-state index contributed by atoms with van der Waals surface area (Å²) in [6.07, 6.45) is -0.196. The Morgan fingerprint density at radius 1 is 1.06 bits per heavy atom. The predicted molar refractivity (Wildman–Crippen MR) is 110 cm³/mol.